The molecule has 0 bridgehead atoms. The second-order valence-electron chi connectivity index (χ2n) is 10.4. The number of phenols is 1. The third-order valence-electron chi connectivity index (χ3n) is 6.59. The second-order valence-corrected chi connectivity index (χ2v) is 10.4. The van der Waals surface area contributed by atoms with Crippen molar-refractivity contribution in [2.75, 3.05) is 0 Å². The van der Waals surface area contributed by atoms with Gasteiger partial charge in [0.1, 0.15) is 23.8 Å². The first kappa shape index (κ1) is 25.8. The Balaban J connectivity index is 1.74. The first-order valence-corrected chi connectivity index (χ1v) is 11.6. The zero-order valence-electron chi connectivity index (χ0n) is 20.8. The van der Waals surface area contributed by atoms with Crippen LogP contribution in [0.5, 0.6) is 5.75 Å². The molecular formula is C28H35NO5. The summed E-state index contributed by atoms with van der Waals surface area (Å²) >= 11 is 0. The van der Waals surface area contributed by atoms with Gasteiger partial charge in [0, 0.05) is 12.0 Å². The van der Waals surface area contributed by atoms with E-state index in [1.807, 2.05) is 0 Å². The maximum absolute atomic E-state index is 12.3. The average Bonchev–Trinajstić information content (AvgIpc) is 2.75. The van der Waals surface area contributed by atoms with Crippen LogP contribution in [0.25, 0.3) is 0 Å². The smallest absolute Gasteiger partial charge is 0.360 e. The Morgan fingerprint density at radius 1 is 1.00 bits per heavy atom. The third-order valence-corrected chi connectivity index (χ3v) is 6.59. The van der Waals surface area contributed by atoms with Crippen molar-refractivity contribution < 1.29 is 25.0 Å². The lowest BCUT2D eigenvalue weighted by Crippen LogP contribution is -2.41. The predicted octanol–water partition coefficient (Wildman–Crippen LogP) is 4.39. The van der Waals surface area contributed by atoms with Gasteiger partial charge >= 0.3 is 5.97 Å². The van der Waals surface area contributed by atoms with Crippen LogP contribution in [-0.4, -0.2) is 38.8 Å². The molecule has 2 atom stereocenters. The van der Waals surface area contributed by atoms with Crippen molar-refractivity contribution >= 4 is 5.97 Å². The van der Waals surface area contributed by atoms with E-state index in [2.05, 4.69) is 57.7 Å². The summed E-state index contributed by atoms with van der Waals surface area (Å²) in [5, 5.41) is 30.2. The maximum atomic E-state index is 12.3. The van der Waals surface area contributed by atoms with Crippen LogP contribution in [0.3, 0.4) is 0 Å². The van der Waals surface area contributed by atoms with E-state index in [1.165, 1.54) is 43.5 Å². The molecule has 3 rings (SSSR count). The molecule has 2 unspecified atom stereocenters. The van der Waals surface area contributed by atoms with Crippen molar-refractivity contribution in [2.24, 2.45) is 0 Å². The van der Waals surface area contributed by atoms with Crippen molar-refractivity contribution in [1.29, 1.82) is 0 Å². The lowest BCUT2D eigenvalue weighted by molar-refractivity contribution is -0.256. The molecule has 0 spiro atoms. The van der Waals surface area contributed by atoms with Gasteiger partial charge in [0.25, 0.3) is 0 Å². The molecule has 2 aromatic rings. The van der Waals surface area contributed by atoms with E-state index in [4.69, 9.17) is 4.84 Å². The molecule has 3 N–H and O–H groups in total. The highest BCUT2D eigenvalue weighted by molar-refractivity contribution is 5.92. The summed E-state index contributed by atoms with van der Waals surface area (Å²) in [6, 6.07) is 11.1. The molecule has 0 radical (unpaired) electrons. The normalized spacial score (nSPS) is 17.8. The predicted molar refractivity (Wildman–Crippen MR) is 131 cm³/mol. The number of hydrogen-bond acceptors (Lipinski definition) is 6. The number of rotatable bonds is 5. The van der Waals surface area contributed by atoms with Gasteiger partial charge in [-0.2, -0.15) is 0 Å². The van der Waals surface area contributed by atoms with Crippen molar-refractivity contribution in [1.82, 2.24) is 5.06 Å². The first-order valence-electron chi connectivity index (χ1n) is 11.6. The Morgan fingerprint density at radius 2 is 1.62 bits per heavy atom. The van der Waals surface area contributed by atoms with E-state index in [0.29, 0.717) is 12.0 Å². The molecule has 0 fully saturated rings. The lowest BCUT2D eigenvalue weighted by atomic mass is 9.63. The molecule has 0 saturated carbocycles. The molecule has 0 saturated heterocycles. The van der Waals surface area contributed by atoms with Gasteiger partial charge < -0.3 is 20.2 Å². The van der Waals surface area contributed by atoms with E-state index in [1.54, 1.807) is 6.07 Å². The molecule has 0 aromatic heterocycles. The molecule has 6 nitrogen and oxygen atoms in total. The summed E-state index contributed by atoms with van der Waals surface area (Å²) < 4.78 is 0. The van der Waals surface area contributed by atoms with Crippen molar-refractivity contribution in [3.8, 4) is 17.6 Å². The van der Waals surface area contributed by atoms with Crippen LogP contribution < -0.4 is 0 Å². The Hall–Kier alpha value is -2.85. The van der Waals surface area contributed by atoms with Crippen LogP contribution >= 0.6 is 0 Å². The minimum absolute atomic E-state index is 0.0867. The number of aromatic hydroxyl groups is 1. The van der Waals surface area contributed by atoms with Crippen LogP contribution in [0.15, 0.2) is 36.4 Å². The fourth-order valence-electron chi connectivity index (χ4n) is 4.39. The number of carbonyl (C=O) groups excluding carboxylic acids is 1. The van der Waals surface area contributed by atoms with Gasteiger partial charge in [-0.05, 0) is 72.4 Å². The zero-order valence-corrected chi connectivity index (χ0v) is 20.8. The summed E-state index contributed by atoms with van der Waals surface area (Å²) in [5.41, 5.74) is 4.76. The summed E-state index contributed by atoms with van der Waals surface area (Å²) in [4.78, 5) is 17.3. The fraction of sp³-hybridized carbons (Fsp3) is 0.464. The standard InChI is InChI=1S/C28H35NO5/c1-18(30)29(19(2)31)34-26(33)22-12-10-21(17-25(22)32)9-7-8-20-11-13-23-24(16-20)28(5,6)15-14-27(23,3)4/h10-13,16-19,30-32H,8,14-15H2,1-6H3. The van der Waals surface area contributed by atoms with Crippen molar-refractivity contribution in [3.05, 3.63) is 64.2 Å². The largest absolute Gasteiger partial charge is 0.507 e. The number of aliphatic hydroxyl groups excluding tert-OH is 2. The number of hydrogen-bond donors (Lipinski definition) is 3. The van der Waals surface area contributed by atoms with Crippen LogP contribution in [-0.2, 0) is 22.1 Å². The number of hydroxylamine groups is 2. The van der Waals surface area contributed by atoms with Gasteiger partial charge in [-0.15, -0.1) is 0 Å². The van der Waals surface area contributed by atoms with Gasteiger partial charge in [0.05, 0.1) is 0 Å². The van der Waals surface area contributed by atoms with Gasteiger partial charge in [0.15, 0.2) is 0 Å². The van der Waals surface area contributed by atoms with Crippen LogP contribution in [0.4, 0.5) is 0 Å². The summed E-state index contributed by atoms with van der Waals surface area (Å²) in [7, 11) is 0. The van der Waals surface area contributed by atoms with Crippen LogP contribution in [0.2, 0.25) is 0 Å². The van der Waals surface area contributed by atoms with E-state index >= 15 is 0 Å². The average molecular weight is 466 g/mol. The molecule has 2 aromatic carbocycles. The second kappa shape index (κ2) is 9.79. The Kier molecular flexibility index (Phi) is 7.42. The van der Waals surface area contributed by atoms with E-state index in [-0.39, 0.29) is 22.1 Å². The SMILES string of the molecule is CC(O)N(OC(=O)c1ccc(C#CCc2ccc3c(c2)C(C)(C)CCC3(C)C)cc1O)C(C)O. The number of nitrogens with zero attached hydrogens (tertiary/aromatic N) is 1. The minimum Gasteiger partial charge on any atom is -0.507 e. The summed E-state index contributed by atoms with van der Waals surface area (Å²) in [5.74, 6) is 5.02. The molecule has 1 aliphatic carbocycles. The first-order chi connectivity index (χ1) is 15.8. The maximum Gasteiger partial charge on any atom is 0.360 e. The van der Waals surface area contributed by atoms with E-state index in [9.17, 15) is 20.1 Å². The number of fused-ring (bicyclic) bond motifs is 1. The van der Waals surface area contributed by atoms with Crippen molar-refractivity contribution in [2.45, 2.75) is 84.1 Å². The van der Waals surface area contributed by atoms with Gasteiger partial charge in [-0.3, -0.25) is 0 Å². The van der Waals surface area contributed by atoms with Gasteiger partial charge in [0.2, 0.25) is 0 Å². The monoisotopic (exact) mass is 465 g/mol. The summed E-state index contributed by atoms with van der Waals surface area (Å²) in [6.45, 7) is 11.9. The molecular weight excluding hydrogens is 430 g/mol. The molecule has 182 valence electrons. The lowest BCUT2D eigenvalue weighted by Gasteiger charge is -2.42. The van der Waals surface area contributed by atoms with E-state index < -0.39 is 18.4 Å². The third kappa shape index (κ3) is 5.61. The Bertz CT molecular complexity index is 1110. The van der Waals surface area contributed by atoms with Crippen LogP contribution in [0, 0.1) is 11.8 Å². The number of carbonyl (C=O) groups is 1. The highest BCUT2D eigenvalue weighted by atomic mass is 16.7. The van der Waals surface area contributed by atoms with Gasteiger partial charge in [-0.25, -0.2) is 4.79 Å². The molecule has 0 aliphatic heterocycles. The highest BCUT2D eigenvalue weighted by Crippen LogP contribution is 2.45. The molecule has 6 heteroatoms. The molecule has 0 amide bonds. The Labute approximate surface area is 202 Å². The molecule has 34 heavy (non-hydrogen) atoms. The number of aliphatic hydroxyl groups is 2. The molecule has 1 aliphatic rings. The number of benzene rings is 2. The van der Waals surface area contributed by atoms with Crippen molar-refractivity contribution in [3.63, 3.8) is 0 Å². The zero-order chi connectivity index (χ0) is 25.3. The van der Waals surface area contributed by atoms with Gasteiger partial charge in [-0.1, -0.05) is 62.8 Å². The minimum atomic E-state index is -1.21. The highest BCUT2D eigenvalue weighted by Gasteiger charge is 2.36. The summed E-state index contributed by atoms with van der Waals surface area (Å²) in [6.07, 6.45) is 0.483. The Morgan fingerprint density at radius 3 is 2.21 bits per heavy atom. The number of phenolic OH excluding ortho intramolecular Hbond substituents is 1. The molecule has 0 heterocycles. The topological polar surface area (TPSA) is 90.2 Å². The quantitative estimate of drug-likeness (QED) is 0.345. The fourth-order valence-corrected chi connectivity index (χ4v) is 4.39. The van der Waals surface area contributed by atoms with E-state index in [0.717, 1.165) is 17.0 Å². The van der Waals surface area contributed by atoms with Crippen LogP contribution in [0.1, 0.15) is 87.0 Å².